The van der Waals surface area contributed by atoms with Crippen LogP contribution in [-0.2, 0) is 4.74 Å². The molecule has 5 heteroatoms. The van der Waals surface area contributed by atoms with Crippen LogP contribution in [0.15, 0.2) is 30.6 Å². The number of hydrogen-bond acceptors (Lipinski definition) is 5. The Morgan fingerprint density at radius 3 is 2.47 bits per heavy atom. The third-order valence-electron chi connectivity index (χ3n) is 2.52. The van der Waals surface area contributed by atoms with E-state index in [1.54, 1.807) is 6.20 Å². The van der Waals surface area contributed by atoms with Gasteiger partial charge < -0.3 is 10.1 Å². The van der Waals surface area contributed by atoms with E-state index < -0.39 is 5.97 Å². The highest BCUT2D eigenvalue weighted by Crippen LogP contribution is 2.17. The van der Waals surface area contributed by atoms with Gasteiger partial charge in [-0.15, -0.1) is 0 Å². The number of rotatable bonds is 3. The molecule has 0 unspecified atom stereocenters. The predicted octanol–water partition coefficient (Wildman–Crippen LogP) is 2.62. The summed E-state index contributed by atoms with van der Waals surface area (Å²) in [6.45, 7) is 4.05. The number of nitrogens with zero attached hydrogens (tertiary/aromatic N) is 2. The van der Waals surface area contributed by atoms with Gasteiger partial charge in [-0.1, -0.05) is 6.07 Å². The Morgan fingerprint density at radius 2 is 1.84 bits per heavy atom. The number of ether oxygens (including phenoxy) is 1. The molecule has 19 heavy (non-hydrogen) atoms. The number of benzene rings is 1. The van der Waals surface area contributed by atoms with Crippen molar-refractivity contribution in [2.45, 2.75) is 13.8 Å². The summed E-state index contributed by atoms with van der Waals surface area (Å²) in [7, 11) is 1.31. The van der Waals surface area contributed by atoms with Crippen molar-refractivity contribution in [2.75, 3.05) is 12.4 Å². The molecule has 0 bridgehead atoms. The highest BCUT2D eigenvalue weighted by molar-refractivity contribution is 5.87. The second kappa shape index (κ2) is 5.48. The number of aryl methyl sites for hydroxylation is 2. The third kappa shape index (κ3) is 3.28. The predicted molar refractivity (Wildman–Crippen MR) is 72.6 cm³/mol. The van der Waals surface area contributed by atoms with Gasteiger partial charge >= 0.3 is 5.97 Å². The van der Waals surface area contributed by atoms with Crippen molar-refractivity contribution < 1.29 is 9.53 Å². The largest absolute Gasteiger partial charge is 0.464 e. The lowest BCUT2D eigenvalue weighted by molar-refractivity contribution is 0.0593. The van der Waals surface area contributed by atoms with E-state index in [1.807, 2.05) is 26.0 Å². The maximum Gasteiger partial charge on any atom is 0.358 e. The van der Waals surface area contributed by atoms with Crippen molar-refractivity contribution in [3.63, 3.8) is 0 Å². The summed E-state index contributed by atoms with van der Waals surface area (Å²) in [5.74, 6) is 0.00414. The van der Waals surface area contributed by atoms with E-state index >= 15 is 0 Å². The average Bonchev–Trinajstić information content (AvgIpc) is 2.37. The smallest absolute Gasteiger partial charge is 0.358 e. The highest BCUT2D eigenvalue weighted by Gasteiger charge is 2.08. The van der Waals surface area contributed by atoms with Crippen LogP contribution in [0.1, 0.15) is 21.6 Å². The molecular weight excluding hydrogens is 242 g/mol. The van der Waals surface area contributed by atoms with Gasteiger partial charge in [0.05, 0.1) is 19.5 Å². The standard InChI is InChI=1S/C14H15N3O2/c1-9-4-10(2)6-11(5-9)16-13-8-15-7-12(17-13)14(18)19-3/h4-8H,1-3H3,(H,16,17). The number of anilines is 2. The molecule has 0 saturated carbocycles. The Morgan fingerprint density at radius 1 is 1.16 bits per heavy atom. The van der Waals surface area contributed by atoms with E-state index in [1.165, 1.54) is 13.3 Å². The first-order valence-electron chi connectivity index (χ1n) is 5.84. The summed E-state index contributed by atoms with van der Waals surface area (Å²) in [5, 5.41) is 3.12. The van der Waals surface area contributed by atoms with Crippen molar-refractivity contribution in [3.05, 3.63) is 47.4 Å². The number of aromatic nitrogens is 2. The van der Waals surface area contributed by atoms with E-state index in [0.29, 0.717) is 5.82 Å². The third-order valence-corrected chi connectivity index (χ3v) is 2.52. The first-order valence-corrected chi connectivity index (χ1v) is 5.84. The average molecular weight is 257 g/mol. The van der Waals surface area contributed by atoms with Crippen molar-refractivity contribution >= 4 is 17.5 Å². The molecule has 2 rings (SSSR count). The number of hydrogen-bond donors (Lipinski definition) is 1. The van der Waals surface area contributed by atoms with E-state index in [0.717, 1.165) is 16.8 Å². The number of methoxy groups -OCH3 is 1. The molecule has 1 N–H and O–H groups in total. The zero-order valence-corrected chi connectivity index (χ0v) is 11.1. The molecule has 0 radical (unpaired) electrons. The number of esters is 1. The summed E-state index contributed by atoms with van der Waals surface area (Å²) < 4.78 is 4.61. The lowest BCUT2D eigenvalue weighted by Gasteiger charge is -2.08. The molecule has 2 aromatic rings. The van der Waals surface area contributed by atoms with Crippen LogP contribution >= 0.6 is 0 Å². The summed E-state index contributed by atoms with van der Waals surface area (Å²) in [6.07, 6.45) is 2.93. The molecule has 0 saturated heterocycles. The molecular formula is C14H15N3O2. The van der Waals surface area contributed by atoms with Crippen molar-refractivity contribution in [1.29, 1.82) is 0 Å². The van der Waals surface area contributed by atoms with Gasteiger partial charge in [-0.25, -0.2) is 9.78 Å². The van der Waals surface area contributed by atoms with Gasteiger partial charge in [0.1, 0.15) is 5.82 Å². The lowest BCUT2D eigenvalue weighted by Crippen LogP contribution is -2.06. The summed E-state index contributed by atoms with van der Waals surface area (Å²) in [4.78, 5) is 19.5. The van der Waals surface area contributed by atoms with Crippen LogP contribution in [0.25, 0.3) is 0 Å². The van der Waals surface area contributed by atoms with Gasteiger partial charge in [0.15, 0.2) is 5.69 Å². The van der Waals surface area contributed by atoms with Gasteiger partial charge in [-0.05, 0) is 37.1 Å². The summed E-state index contributed by atoms with van der Waals surface area (Å²) in [6, 6.07) is 6.08. The Kier molecular flexibility index (Phi) is 3.75. The normalized spacial score (nSPS) is 10.1. The number of nitrogens with one attached hydrogen (secondary N) is 1. The molecule has 0 aliphatic heterocycles. The molecule has 1 aromatic heterocycles. The number of carbonyl (C=O) groups is 1. The van der Waals surface area contributed by atoms with Crippen molar-refractivity contribution in [1.82, 2.24) is 9.97 Å². The molecule has 0 aliphatic carbocycles. The van der Waals surface area contributed by atoms with E-state index in [4.69, 9.17) is 0 Å². The molecule has 0 aliphatic rings. The minimum atomic E-state index is -0.503. The van der Waals surface area contributed by atoms with Gasteiger partial charge in [-0.3, -0.25) is 4.98 Å². The van der Waals surface area contributed by atoms with E-state index in [2.05, 4.69) is 26.1 Å². The van der Waals surface area contributed by atoms with Crippen LogP contribution < -0.4 is 5.32 Å². The van der Waals surface area contributed by atoms with Crippen LogP contribution in [0.5, 0.6) is 0 Å². The highest BCUT2D eigenvalue weighted by atomic mass is 16.5. The molecule has 0 atom stereocenters. The molecule has 0 spiro atoms. The van der Waals surface area contributed by atoms with Gasteiger partial charge in [0.2, 0.25) is 0 Å². The van der Waals surface area contributed by atoms with E-state index in [9.17, 15) is 4.79 Å². The second-order valence-corrected chi connectivity index (χ2v) is 4.28. The molecule has 0 amide bonds. The van der Waals surface area contributed by atoms with Crippen LogP contribution in [0.4, 0.5) is 11.5 Å². The monoisotopic (exact) mass is 257 g/mol. The maximum absolute atomic E-state index is 11.4. The summed E-state index contributed by atoms with van der Waals surface area (Å²) in [5.41, 5.74) is 3.39. The quantitative estimate of drug-likeness (QED) is 0.856. The Labute approximate surface area is 111 Å². The second-order valence-electron chi connectivity index (χ2n) is 4.28. The molecule has 98 valence electrons. The Bertz CT molecular complexity index is 591. The SMILES string of the molecule is COC(=O)c1cncc(Nc2cc(C)cc(C)c2)n1. The fourth-order valence-electron chi connectivity index (χ4n) is 1.82. The maximum atomic E-state index is 11.4. The topological polar surface area (TPSA) is 64.1 Å². The van der Waals surface area contributed by atoms with E-state index in [-0.39, 0.29) is 5.69 Å². The number of carbonyl (C=O) groups excluding carboxylic acids is 1. The van der Waals surface area contributed by atoms with Crippen LogP contribution in [0.3, 0.4) is 0 Å². The van der Waals surface area contributed by atoms with Crippen molar-refractivity contribution in [3.8, 4) is 0 Å². The first kappa shape index (κ1) is 13.0. The molecule has 1 heterocycles. The van der Waals surface area contributed by atoms with Crippen LogP contribution in [0, 0.1) is 13.8 Å². The lowest BCUT2D eigenvalue weighted by atomic mass is 10.1. The molecule has 0 fully saturated rings. The molecule has 5 nitrogen and oxygen atoms in total. The van der Waals surface area contributed by atoms with Crippen LogP contribution in [0.2, 0.25) is 0 Å². The van der Waals surface area contributed by atoms with Crippen molar-refractivity contribution in [2.24, 2.45) is 0 Å². The van der Waals surface area contributed by atoms with Gasteiger partial charge in [0, 0.05) is 5.69 Å². The Balaban J connectivity index is 2.25. The van der Waals surface area contributed by atoms with Gasteiger partial charge in [-0.2, -0.15) is 0 Å². The fraction of sp³-hybridized carbons (Fsp3) is 0.214. The summed E-state index contributed by atoms with van der Waals surface area (Å²) >= 11 is 0. The fourth-order valence-corrected chi connectivity index (χ4v) is 1.82. The minimum absolute atomic E-state index is 0.178. The Hall–Kier alpha value is -2.43. The minimum Gasteiger partial charge on any atom is -0.464 e. The zero-order chi connectivity index (χ0) is 13.8. The zero-order valence-electron chi connectivity index (χ0n) is 11.1. The molecule has 1 aromatic carbocycles. The first-order chi connectivity index (χ1) is 9.08. The van der Waals surface area contributed by atoms with Gasteiger partial charge in [0.25, 0.3) is 0 Å². The van der Waals surface area contributed by atoms with Crippen LogP contribution in [-0.4, -0.2) is 23.0 Å².